The van der Waals surface area contributed by atoms with Crippen LogP contribution in [-0.2, 0) is 9.53 Å². The first kappa shape index (κ1) is 14.5. The molecule has 0 bridgehead atoms. The SMILES string of the molecule is COCCC(C)(C)CNC(=O)C1CCNC1C. The molecule has 1 heterocycles. The monoisotopic (exact) mass is 242 g/mol. The minimum atomic E-state index is 0.0982. The van der Waals surface area contributed by atoms with Gasteiger partial charge in [-0.05, 0) is 31.7 Å². The molecular formula is C13H26N2O2. The molecule has 1 fully saturated rings. The van der Waals surface area contributed by atoms with E-state index in [2.05, 4.69) is 31.4 Å². The molecule has 0 aromatic carbocycles. The minimum Gasteiger partial charge on any atom is -0.385 e. The van der Waals surface area contributed by atoms with E-state index in [-0.39, 0.29) is 17.2 Å². The van der Waals surface area contributed by atoms with E-state index >= 15 is 0 Å². The van der Waals surface area contributed by atoms with Gasteiger partial charge in [-0.2, -0.15) is 0 Å². The quantitative estimate of drug-likeness (QED) is 0.735. The number of carbonyl (C=O) groups is 1. The summed E-state index contributed by atoms with van der Waals surface area (Å²) in [5.74, 6) is 0.321. The second kappa shape index (κ2) is 6.36. The number of nitrogens with one attached hydrogen (secondary N) is 2. The summed E-state index contributed by atoms with van der Waals surface area (Å²) in [5, 5.41) is 6.37. The van der Waals surface area contributed by atoms with Crippen molar-refractivity contribution in [3.63, 3.8) is 0 Å². The summed E-state index contributed by atoms with van der Waals surface area (Å²) < 4.78 is 5.08. The number of methoxy groups -OCH3 is 1. The zero-order valence-electron chi connectivity index (χ0n) is 11.5. The fourth-order valence-corrected chi connectivity index (χ4v) is 2.14. The number of ether oxygens (including phenoxy) is 1. The first-order valence-electron chi connectivity index (χ1n) is 6.46. The molecule has 17 heavy (non-hydrogen) atoms. The summed E-state index contributed by atoms with van der Waals surface area (Å²) in [7, 11) is 1.71. The van der Waals surface area contributed by atoms with Gasteiger partial charge in [-0.1, -0.05) is 13.8 Å². The van der Waals surface area contributed by atoms with E-state index in [1.165, 1.54) is 0 Å². The van der Waals surface area contributed by atoms with Gasteiger partial charge in [0.15, 0.2) is 0 Å². The third-order valence-electron chi connectivity index (χ3n) is 3.59. The Bertz CT molecular complexity index is 254. The van der Waals surface area contributed by atoms with Crippen LogP contribution in [0.1, 0.15) is 33.6 Å². The molecule has 2 unspecified atom stereocenters. The standard InChI is InChI=1S/C13H26N2O2/c1-10-11(5-7-14-10)12(16)15-9-13(2,3)6-8-17-4/h10-11,14H,5-9H2,1-4H3,(H,15,16). The molecule has 4 heteroatoms. The van der Waals surface area contributed by atoms with Crippen molar-refractivity contribution in [2.24, 2.45) is 11.3 Å². The highest BCUT2D eigenvalue weighted by Crippen LogP contribution is 2.20. The van der Waals surface area contributed by atoms with Crippen LogP contribution in [0.25, 0.3) is 0 Å². The summed E-state index contributed by atoms with van der Waals surface area (Å²) in [6.07, 6.45) is 1.91. The van der Waals surface area contributed by atoms with Crippen LogP contribution in [0.2, 0.25) is 0 Å². The van der Waals surface area contributed by atoms with Gasteiger partial charge in [0.25, 0.3) is 0 Å². The lowest BCUT2D eigenvalue weighted by Gasteiger charge is -2.26. The second-order valence-corrected chi connectivity index (χ2v) is 5.76. The van der Waals surface area contributed by atoms with Crippen molar-refractivity contribution >= 4 is 5.91 Å². The van der Waals surface area contributed by atoms with Crippen molar-refractivity contribution in [2.75, 3.05) is 26.8 Å². The van der Waals surface area contributed by atoms with Crippen molar-refractivity contribution in [3.05, 3.63) is 0 Å². The minimum absolute atomic E-state index is 0.0982. The van der Waals surface area contributed by atoms with Gasteiger partial charge < -0.3 is 15.4 Å². The number of hydrogen-bond donors (Lipinski definition) is 2. The normalized spacial score (nSPS) is 24.9. The molecule has 2 atom stereocenters. The van der Waals surface area contributed by atoms with Crippen LogP contribution in [0.4, 0.5) is 0 Å². The van der Waals surface area contributed by atoms with Crippen LogP contribution >= 0.6 is 0 Å². The van der Waals surface area contributed by atoms with Gasteiger partial charge >= 0.3 is 0 Å². The molecule has 0 saturated carbocycles. The Morgan fingerprint density at radius 2 is 2.24 bits per heavy atom. The molecular weight excluding hydrogens is 216 g/mol. The Morgan fingerprint density at radius 1 is 1.53 bits per heavy atom. The Morgan fingerprint density at radius 3 is 2.76 bits per heavy atom. The third kappa shape index (κ3) is 4.64. The predicted molar refractivity (Wildman–Crippen MR) is 68.9 cm³/mol. The van der Waals surface area contributed by atoms with Crippen LogP contribution in [0.15, 0.2) is 0 Å². The zero-order chi connectivity index (χ0) is 12.9. The van der Waals surface area contributed by atoms with Crippen molar-refractivity contribution in [1.82, 2.24) is 10.6 Å². The van der Waals surface area contributed by atoms with E-state index in [0.29, 0.717) is 6.04 Å². The fourth-order valence-electron chi connectivity index (χ4n) is 2.14. The van der Waals surface area contributed by atoms with E-state index in [0.717, 1.165) is 32.5 Å². The highest BCUT2D eigenvalue weighted by Gasteiger charge is 2.30. The van der Waals surface area contributed by atoms with Gasteiger partial charge in [-0.3, -0.25) is 4.79 Å². The highest BCUT2D eigenvalue weighted by atomic mass is 16.5. The third-order valence-corrected chi connectivity index (χ3v) is 3.59. The van der Waals surface area contributed by atoms with Gasteiger partial charge in [0.2, 0.25) is 5.91 Å². The summed E-state index contributed by atoms with van der Waals surface area (Å²) in [6, 6.07) is 0.303. The van der Waals surface area contributed by atoms with E-state index in [9.17, 15) is 4.79 Å². The molecule has 100 valence electrons. The molecule has 0 aromatic rings. The smallest absolute Gasteiger partial charge is 0.224 e. The Kier molecular flexibility index (Phi) is 5.40. The molecule has 1 aliphatic rings. The highest BCUT2D eigenvalue weighted by molar-refractivity contribution is 5.79. The van der Waals surface area contributed by atoms with E-state index in [1.54, 1.807) is 7.11 Å². The Balaban J connectivity index is 2.31. The fraction of sp³-hybridized carbons (Fsp3) is 0.923. The number of carbonyl (C=O) groups excluding carboxylic acids is 1. The number of hydrogen-bond acceptors (Lipinski definition) is 3. The molecule has 1 amide bonds. The molecule has 1 aliphatic heterocycles. The van der Waals surface area contributed by atoms with Crippen LogP contribution in [0.5, 0.6) is 0 Å². The maximum atomic E-state index is 12.0. The average Bonchev–Trinajstić information content (AvgIpc) is 2.70. The van der Waals surface area contributed by atoms with Crippen LogP contribution in [-0.4, -0.2) is 38.8 Å². The van der Waals surface area contributed by atoms with E-state index < -0.39 is 0 Å². The van der Waals surface area contributed by atoms with Crippen molar-refractivity contribution in [1.29, 1.82) is 0 Å². The molecule has 0 aliphatic carbocycles. The molecule has 1 rings (SSSR count). The molecule has 0 spiro atoms. The lowest BCUT2D eigenvalue weighted by atomic mass is 9.89. The van der Waals surface area contributed by atoms with Crippen LogP contribution in [0.3, 0.4) is 0 Å². The predicted octanol–water partition coefficient (Wildman–Crippen LogP) is 1.16. The maximum absolute atomic E-state index is 12.0. The molecule has 0 radical (unpaired) electrons. The number of rotatable bonds is 6. The van der Waals surface area contributed by atoms with Gasteiger partial charge in [0.1, 0.15) is 0 Å². The van der Waals surface area contributed by atoms with Gasteiger partial charge in [0, 0.05) is 26.3 Å². The molecule has 0 aromatic heterocycles. The lowest BCUT2D eigenvalue weighted by molar-refractivity contribution is -0.125. The Labute approximate surface area is 104 Å². The summed E-state index contributed by atoms with van der Waals surface area (Å²) >= 11 is 0. The molecule has 2 N–H and O–H groups in total. The van der Waals surface area contributed by atoms with Gasteiger partial charge in [0.05, 0.1) is 5.92 Å². The Hall–Kier alpha value is -0.610. The van der Waals surface area contributed by atoms with Crippen LogP contribution in [0, 0.1) is 11.3 Å². The second-order valence-electron chi connectivity index (χ2n) is 5.76. The van der Waals surface area contributed by atoms with E-state index in [1.807, 2.05) is 0 Å². The first-order valence-corrected chi connectivity index (χ1v) is 6.46. The molecule has 1 saturated heterocycles. The van der Waals surface area contributed by atoms with Crippen LogP contribution < -0.4 is 10.6 Å². The van der Waals surface area contributed by atoms with Crippen molar-refractivity contribution in [3.8, 4) is 0 Å². The van der Waals surface area contributed by atoms with Crippen molar-refractivity contribution < 1.29 is 9.53 Å². The average molecular weight is 242 g/mol. The summed E-state index contributed by atoms with van der Waals surface area (Å²) in [6.45, 7) is 8.80. The molecule has 4 nitrogen and oxygen atoms in total. The van der Waals surface area contributed by atoms with Gasteiger partial charge in [-0.25, -0.2) is 0 Å². The largest absolute Gasteiger partial charge is 0.385 e. The lowest BCUT2D eigenvalue weighted by Crippen LogP contribution is -2.41. The summed E-state index contributed by atoms with van der Waals surface area (Å²) in [5.41, 5.74) is 0.0982. The summed E-state index contributed by atoms with van der Waals surface area (Å²) in [4.78, 5) is 12.0. The van der Waals surface area contributed by atoms with Crippen molar-refractivity contribution in [2.45, 2.75) is 39.7 Å². The van der Waals surface area contributed by atoms with Gasteiger partial charge in [-0.15, -0.1) is 0 Å². The zero-order valence-corrected chi connectivity index (χ0v) is 11.5. The number of amides is 1. The maximum Gasteiger partial charge on any atom is 0.224 e. The first-order chi connectivity index (χ1) is 7.96. The topological polar surface area (TPSA) is 50.4 Å². The van der Waals surface area contributed by atoms with E-state index in [4.69, 9.17) is 4.74 Å².